The van der Waals surface area contributed by atoms with Gasteiger partial charge in [0.15, 0.2) is 11.6 Å². The van der Waals surface area contributed by atoms with Crippen molar-refractivity contribution in [2.75, 3.05) is 12.4 Å². The van der Waals surface area contributed by atoms with Gasteiger partial charge in [-0.2, -0.15) is 0 Å². The highest BCUT2D eigenvalue weighted by Gasteiger charge is 2.44. The summed E-state index contributed by atoms with van der Waals surface area (Å²) in [6.07, 6.45) is 0.0788. The molecule has 0 spiro atoms. The number of hydrogen-bond acceptors (Lipinski definition) is 7. The fraction of sp³-hybridized carbons (Fsp3) is 0.179. The van der Waals surface area contributed by atoms with Crippen LogP contribution in [-0.4, -0.2) is 47.7 Å². The van der Waals surface area contributed by atoms with Gasteiger partial charge in [0.1, 0.15) is 17.5 Å². The number of nitrogens with zero attached hydrogens (tertiary/aromatic N) is 1. The Hall–Kier alpha value is -5.26. The summed E-state index contributed by atoms with van der Waals surface area (Å²) < 4.78 is 25.3. The fourth-order valence-electron chi connectivity index (χ4n) is 4.44. The minimum Gasteiger partial charge on any atom is -0.497 e. The van der Waals surface area contributed by atoms with Gasteiger partial charge < -0.3 is 20.1 Å². The third kappa shape index (κ3) is 5.32. The molecule has 6 amide bonds. The molecule has 204 valence electrons. The second kappa shape index (κ2) is 10.8. The molecular formula is C28H23FN4O7. The third-order valence-corrected chi connectivity index (χ3v) is 6.42. The van der Waals surface area contributed by atoms with Gasteiger partial charge in [0.25, 0.3) is 11.8 Å². The van der Waals surface area contributed by atoms with Crippen molar-refractivity contribution in [1.29, 1.82) is 0 Å². The number of imide groups is 2. The first-order valence-electron chi connectivity index (χ1n) is 12.2. The zero-order chi connectivity index (χ0) is 28.4. The van der Waals surface area contributed by atoms with Crippen LogP contribution in [0.4, 0.5) is 14.9 Å². The van der Waals surface area contributed by atoms with Crippen LogP contribution in [0.3, 0.4) is 0 Å². The SMILES string of the molecule is COc1cccc(Oc2ccc(NC(=O)NCc3ccc4c(c3)C(=O)N(C3CCC(=O)NC3=O)C4=O)cc2F)c1. The number of benzene rings is 3. The summed E-state index contributed by atoms with van der Waals surface area (Å²) in [5.74, 6) is -2.21. The minimum atomic E-state index is -1.06. The molecule has 0 bridgehead atoms. The number of hydrogen-bond donors (Lipinski definition) is 3. The molecule has 3 aromatic carbocycles. The van der Waals surface area contributed by atoms with Crippen molar-refractivity contribution < 1.29 is 37.8 Å². The Labute approximate surface area is 227 Å². The number of amides is 6. The van der Waals surface area contributed by atoms with E-state index in [1.807, 2.05) is 0 Å². The van der Waals surface area contributed by atoms with Crippen LogP contribution in [0.25, 0.3) is 0 Å². The Morgan fingerprint density at radius 2 is 1.77 bits per heavy atom. The normalized spacial score (nSPS) is 16.4. The van der Waals surface area contributed by atoms with E-state index in [9.17, 15) is 28.4 Å². The number of urea groups is 1. The van der Waals surface area contributed by atoms with Crippen molar-refractivity contribution in [2.45, 2.75) is 25.4 Å². The molecule has 1 fully saturated rings. The number of carbonyl (C=O) groups is 5. The van der Waals surface area contributed by atoms with Gasteiger partial charge in [-0.1, -0.05) is 12.1 Å². The lowest BCUT2D eigenvalue weighted by Gasteiger charge is -2.27. The number of methoxy groups -OCH3 is 1. The molecule has 0 aromatic heterocycles. The van der Waals surface area contributed by atoms with E-state index in [2.05, 4.69) is 16.0 Å². The monoisotopic (exact) mass is 546 g/mol. The van der Waals surface area contributed by atoms with Crippen molar-refractivity contribution in [2.24, 2.45) is 0 Å². The van der Waals surface area contributed by atoms with Crippen molar-refractivity contribution >= 4 is 35.3 Å². The standard InChI is InChI=1S/C28H23FN4O7/c1-39-17-3-2-4-18(13-17)40-23-9-6-16(12-21(23)29)31-28(38)30-14-15-5-7-19-20(11-15)27(37)33(26(19)36)22-8-10-24(34)32-25(22)35/h2-7,9,11-13,22H,8,10,14H2,1H3,(H2,30,31,38)(H,32,34,35). The van der Waals surface area contributed by atoms with Crippen LogP contribution in [0.1, 0.15) is 39.1 Å². The zero-order valence-electron chi connectivity index (χ0n) is 21.2. The molecule has 3 aromatic rings. The van der Waals surface area contributed by atoms with Crippen LogP contribution >= 0.6 is 0 Å². The summed E-state index contributed by atoms with van der Waals surface area (Å²) in [5, 5.41) is 7.28. The van der Waals surface area contributed by atoms with E-state index in [0.29, 0.717) is 17.1 Å². The molecule has 2 aliphatic heterocycles. The maximum atomic E-state index is 14.6. The molecule has 1 unspecified atom stereocenters. The average Bonchev–Trinajstić information content (AvgIpc) is 3.18. The van der Waals surface area contributed by atoms with Gasteiger partial charge >= 0.3 is 6.03 Å². The Morgan fingerprint density at radius 1 is 1.00 bits per heavy atom. The topological polar surface area (TPSA) is 143 Å². The van der Waals surface area contributed by atoms with E-state index in [0.717, 1.165) is 11.0 Å². The summed E-state index contributed by atoms with van der Waals surface area (Å²) >= 11 is 0. The zero-order valence-corrected chi connectivity index (χ0v) is 21.2. The number of piperidine rings is 1. The first kappa shape index (κ1) is 26.4. The number of rotatable bonds is 7. The van der Waals surface area contributed by atoms with Crippen molar-refractivity contribution in [1.82, 2.24) is 15.5 Å². The Balaban J connectivity index is 1.19. The smallest absolute Gasteiger partial charge is 0.319 e. The second-order valence-electron chi connectivity index (χ2n) is 9.06. The molecule has 5 rings (SSSR count). The summed E-state index contributed by atoms with van der Waals surface area (Å²) in [7, 11) is 1.51. The van der Waals surface area contributed by atoms with Crippen LogP contribution in [0.15, 0.2) is 60.7 Å². The number of anilines is 1. The van der Waals surface area contributed by atoms with Gasteiger partial charge in [-0.3, -0.25) is 29.4 Å². The molecule has 11 nitrogen and oxygen atoms in total. The molecule has 0 aliphatic carbocycles. The summed E-state index contributed by atoms with van der Waals surface area (Å²) in [4.78, 5) is 62.7. The van der Waals surface area contributed by atoms with E-state index in [1.54, 1.807) is 30.3 Å². The van der Waals surface area contributed by atoms with Crippen molar-refractivity contribution in [3.8, 4) is 17.2 Å². The summed E-state index contributed by atoms with van der Waals surface area (Å²) in [5.41, 5.74) is 0.939. The highest BCUT2D eigenvalue weighted by Crippen LogP contribution is 2.30. The lowest BCUT2D eigenvalue weighted by Crippen LogP contribution is -2.54. The molecule has 12 heteroatoms. The number of halogens is 1. The van der Waals surface area contributed by atoms with Crippen LogP contribution in [0.5, 0.6) is 17.2 Å². The Bertz CT molecular complexity index is 1560. The van der Waals surface area contributed by atoms with Crippen LogP contribution in [0, 0.1) is 5.82 Å². The van der Waals surface area contributed by atoms with Crippen LogP contribution < -0.4 is 25.4 Å². The highest BCUT2D eigenvalue weighted by molar-refractivity contribution is 6.23. The van der Waals surface area contributed by atoms with Crippen LogP contribution in [0.2, 0.25) is 0 Å². The molecule has 2 aliphatic rings. The summed E-state index contributed by atoms with van der Waals surface area (Å²) in [6.45, 7) is -0.00147. The molecule has 1 saturated heterocycles. The lowest BCUT2D eigenvalue weighted by atomic mass is 10.0. The minimum absolute atomic E-state index is 0.00147. The maximum Gasteiger partial charge on any atom is 0.319 e. The van der Waals surface area contributed by atoms with Crippen molar-refractivity contribution in [3.05, 3.63) is 83.2 Å². The van der Waals surface area contributed by atoms with Gasteiger partial charge in [-0.25, -0.2) is 9.18 Å². The van der Waals surface area contributed by atoms with E-state index < -0.39 is 41.5 Å². The van der Waals surface area contributed by atoms with Gasteiger partial charge in [-0.15, -0.1) is 0 Å². The van der Waals surface area contributed by atoms with E-state index in [1.165, 1.54) is 31.4 Å². The number of ether oxygens (including phenoxy) is 2. The second-order valence-corrected chi connectivity index (χ2v) is 9.06. The first-order chi connectivity index (χ1) is 19.2. The number of nitrogens with one attached hydrogen (secondary N) is 3. The predicted molar refractivity (Wildman–Crippen MR) is 138 cm³/mol. The third-order valence-electron chi connectivity index (χ3n) is 6.42. The summed E-state index contributed by atoms with van der Waals surface area (Å²) in [6, 6.07) is 13.4. The lowest BCUT2D eigenvalue weighted by molar-refractivity contribution is -0.136. The van der Waals surface area contributed by atoms with E-state index in [-0.39, 0.29) is 42.0 Å². The van der Waals surface area contributed by atoms with Crippen LogP contribution in [-0.2, 0) is 16.1 Å². The van der Waals surface area contributed by atoms with Gasteiger partial charge in [0.05, 0.1) is 18.2 Å². The first-order valence-corrected chi connectivity index (χ1v) is 12.2. The van der Waals surface area contributed by atoms with Crippen molar-refractivity contribution in [3.63, 3.8) is 0 Å². The van der Waals surface area contributed by atoms with Gasteiger partial charge in [0, 0.05) is 30.8 Å². The Kier molecular flexibility index (Phi) is 7.15. The molecule has 0 saturated carbocycles. The number of carbonyl (C=O) groups excluding carboxylic acids is 5. The molecular weight excluding hydrogens is 523 g/mol. The molecule has 40 heavy (non-hydrogen) atoms. The van der Waals surface area contributed by atoms with Gasteiger partial charge in [0.2, 0.25) is 11.8 Å². The molecule has 0 radical (unpaired) electrons. The average molecular weight is 547 g/mol. The van der Waals surface area contributed by atoms with E-state index in [4.69, 9.17) is 9.47 Å². The fourth-order valence-corrected chi connectivity index (χ4v) is 4.44. The largest absolute Gasteiger partial charge is 0.497 e. The predicted octanol–water partition coefficient (Wildman–Crippen LogP) is 3.35. The molecule has 1 atom stereocenters. The quantitative estimate of drug-likeness (QED) is 0.386. The maximum absolute atomic E-state index is 14.6. The van der Waals surface area contributed by atoms with E-state index >= 15 is 0 Å². The van der Waals surface area contributed by atoms with Gasteiger partial charge in [-0.05, 0) is 48.4 Å². The number of fused-ring (bicyclic) bond motifs is 1. The Morgan fingerprint density at radius 3 is 2.52 bits per heavy atom. The molecule has 3 N–H and O–H groups in total. The molecule has 2 heterocycles. The highest BCUT2D eigenvalue weighted by atomic mass is 19.1.